The maximum absolute atomic E-state index is 12.1. The van der Waals surface area contributed by atoms with E-state index >= 15 is 0 Å². The summed E-state index contributed by atoms with van der Waals surface area (Å²) in [6, 6.07) is 4.27. The summed E-state index contributed by atoms with van der Waals surface area (Å²) in [4.78, 5) is 36.4. The largest absolute Gasteiger partial charge is 0.452 e. The van der Waals surface area contributed by atoms with Crippen LogP contribution in [0.4, 0.5) is 11.4 Å². The van der Waals surface area contributed by atoms with Gasteiger partial charge in [0.05, 0.1) is 10.5 Å². The molecule has 0 unspecified atom stereocenters. The Balaban J connectivity index is 2.03. The molecule has 0 bridgehead atoms. The van der Waals surface area contributed by atoms with Crippen molar-refractivity contribution in [1.29, 1.82) is 0 Å². The van der Waals surface area contributed by atoms with E-state index < -0.39 is 23.4 Å². The molecule has 1 saturated heterocycles. The van der Waals surface area contributed by atoms with Crippen LogP contribution >= 0.6 is 0 Å². The highest BCUT2D eigenvalue weighted by atomic mass is 16.6. The fraction of sp³-hybridized carbons (Fsp3) is 0.529. The zero-order valence-corrected chi connectivity index (χ0v) is 14.5. The van der Waals surface area contributed by atoms with E-state index in [-0.39, 0.29) is 11.3 Å². The summed E-state index contributed by atoms with van der Waals surface area (Å²) in [6.45, 7) is 5.52. The molecule has 1 N–H and O–H groups in total. The van der Waals surface area contributed by atoms with E-state index in [2.05, 4.69) is 5.32 Å². The number of anilines is 1. The van der Waals surface area contributed by atoms with Crippen LogP contribution in [0.5, 0.6) is 0 Å². The van der Waals surface area contributed by atoms with Gasteiger partial charge in [-0.3, -0.25) is 14.9 Å². The van der Waals surface area contributed by atoms with Crippen LogP contribution in [0.25, 0.3) is 0 Å². The summed E-state index contributed by atoms with van der Waals surface area (Å²) in [5.41, 5.74) is 0.445. The number of hydrogen-bond acceptors (Lipinski definition) is 6. The van der Waals surface area contributed by atoms with Gasteiger partial charge in [0.2, 0.25) is 0 Å². The molecule has 1 heterocycles. The molecule has 1 fully saturated rings. The van der Waals surface area contributed by atoms with Crippen LogP contribution in [0.3, 0.4) is 0 Å². The molecule has 0 radical (unpaired) electrons. The van der Waals surface area contributed by atoms with Crippen molar-refractivity contribution in [2.24, 2.45) is 5.92 Å². The van der Waals surface area contributed by atoms with Crippen LogP contribution in [0, 0.1) is 16.0 Å². The van der Waals surface area contributed by atoms with Gasteiger partial charge in [0.1, 0.15) is 5.69 Å². The van der Waals surface area contributed by atoms with E-state index in [1.54, 1.807) is 6.07 Å². The third-order valence-electron chi connectivity index (χ3n) is 3.90. The highest BCUT2D eigenvalue weighted by Gasteiger charge is 2.24. The second-order valence-corrected chi connectivity index (χ2v) is 6.43. The minimum atomic E-state index is -0.754. The SMILES string of the molecule is CC(C)CNC(=O)COC(=O)c1ccc(N2CCCC2)c([N+](=O)[O-])c1. The number of rotatable bonds is 7. The predicted molar refractivity (Wildman–Crippen MR) is 92.7 cm³/mol. The lowest BCUT2D eigenvalue weighted by molar-refractivity contribution is -0.384. The Kier molecular flexibility index (Phi) is 6.32. The third-order valence-corrected chi connectivity index (χ3v) is 3.90. The molecule has 1 aromatic rings. The summed E-state index contributed by atoms with van der Waals surface area (Å²) < 4.78 is 4.94. The van der Waals surface area contributed by atoms with Crippen molar-refractivity contribution in [2.45, 2.75) is 26.7 Å². The maximum Gasteiger partial charge on any atom is 0.338 e. The van der Waals surface area contributed by atoms with Crippen LogP contribution in [0.1, 0.15) is 37.0 Å². The fourth-order valence-corrected chi connectivity index (χ4v) is 2.61. The Labute approximate surface area is 146 Å². The molecule has 1 aromatic carbocycles. The Bertz CT molecular complexity index is 654. The van der Waals surface area contributed by atoms with E-state index in [0.717, 1.165) is 25.9 Å². The highest BCUT2D eigenvalue weighted by Crippen LogP contribution is 2.31. The first-order valence-corrected chi connectivity index (χ1v) is 8.35. The van der Waals surface area contributed by atoms with E-state index in [0.29, 0.717) is 18.2 Å². The van der Waals surface area contributed by atoms with Crippen molar-refractivity contribution in [3.8, 4) is 0 Å². The Morgan fingerprint density at radius 2 is 2.00 bits per heavy atom. The Hall–Kier alpha value is -2.64. The number of hydrogen-bond donors (Lipinski definition) is 1. The van der Waals surface area contributed by atoms with Crippen molar-refractivity contribution in [3.63, 3.8) is 0 Å². The van der Waals surface area contributed by atoms with Gasteiger partial charge in [0.15, 0.2) is 6.61 Å². The molecule has 2 rings (SSSR count). The first-order chi connectivity index (χ1) is 11.9. The Morgan fingerprint density at radius 1 is 1.32 bits per heavy atom. The molecule has 25 heavy (non-hydrogen) atoms. The number of nitrogens with one attached hydrogen (secondary N) is 1. The van der Waals surface area contributed by atoms with Crippen LogP contribution in [-0.4, -0.2) is 43.0 Å². The topological polar surface area (TPSA) is 102 Å². The standard InChI is InChI=1S/C17H23N3O5/c1-12(2)10-18-16(21)11-25-17(22)13-5-6-14(15(9-13)20(23)24)19-7-3-4-8-19/h5-6,9,12H,3-4,7-8,10-11H2,1-2H3,(H,18,21). The average Bonchev–Trinajstić information content (AvgIpc) is 3.11. The summed E-state index contributed by atoms with van der Waals surface area (Å²) in [5, 5.41) is 14.0. The molecule has 1 amide bonds. The van der Waals surface area contributed by atoms with Crippen molar-refractivity contribution in [3.05, 3.63) is 33.9 Å². The van der Waals surface area contributed by atoms with Gasteiger partial charge in [-0.2, -0.15) is 0 Å². The Morgan fingerprint density at radius 3 is 2.60 bits per heavy atom. The zero-order valence-electron chi connectivity index (χ0n) is 14.5. The number of carbonyl (C=O) groups excluding carboxylic acids is 2. The van der Waals surface area contributed by atoms with Crippen LogP contribution in [-0.2, 0) is 9.53 Å². The number of esters is 1. The number of nitro benzene ring substituents is 1. The van der Waals surface area contributed by atoms with Crippen LogP contribution in [0.2, 0.25) is 0 Å². The summed E-state index contributed by atoms with van der Waals surface area (Å²) in [7, 11) is 0. The fourth-order valence-electron chi connectivity index (χ4n) is 2.61. The van der Waals surface area contributed by atoms with E-state index in [1.165, 1.54) is 12.1 Å². The van der Waals surface area contributed by atoms with Gasteiger partial charge in [-0.25, -0.2) is 4.79 Å². The number of ether oxygens (including phenoxy) is 1. The van der Waals surface area contributed by atoms with Crippen molar-refractivity contribution in [2.75, 3.05) is 31.1 Å². The summed E-state index contributed by atoms with van der Waals surface area (Å²) in [5.74, 6) is -0.860. The van der Waals surface area contributed by atoms with Gasteiger partial charge in [-0.1, -0.05) is 13.8 Å². The smallest absolute Gasteiger partial charge is 0.338 e. The summed E-state index contributed by atoms with van der Waals surface area (Å²) in [6.07, 6.45) is 1.98. The normalized spacial score (nSPS) is 13.8. The van der Waals surface area contributed by atoms with Gasteiger partial charge in [-0.15, -0.1) is 0 Å². The van der Waals surface area contributed by atoms with Gasteiger partial charge in [0, 0.05) is 25.7 Å². The van der Waals surface area contributed by atoms with Gasteiger partial charge < -0.3 is 15.0 Å². The third kappa shape index (κ3) is 5.17. The molecule has 0 saturated carbocycles. The minimum Gasteiger partial charge on any atom is -0.452 e. The second kappa shape index (κ2) is 8.46. The first-order valence-electron chi connectivity index (χ1n) is 8.35. The molecule has 136 valence electrons. The lowest BCUT2D eigenvalue weighted by Gasteiger charge is -2.17. The van der Waals surface area contributed by atoms with Crippen molar-refractivity contribution < 1.29 is 19.2 Å². The van der Waals surface area contributed by atoms with E-state index in [9.17, 15) is 19.7 Å². The molecule has 0 spiro atoms. The van der Waals surface area contributed by atoms with Crippen LogP contribution in [0.15, 0.2) is 18.2 Å². The highest BCUT2D eigenvalue weighted by molar-refractivity contribution is 5.93. The monoisotopic (exact) mass is 349 g/mol. The van der Waals surface area contributed by atoms with Crippen LogP contribution < -0.4 is 10.2 Å². The number of nitro groups is 1. The van der Waals surface area contributed by atoms with E-state index in [4.69, 9.17) is 4.74 Å². The average molecular weight is 349 g/mol. The molecule has 0 aliphatic carbocycles. The molecular formula is C17H23N3O5. The van der Waals surface area contributed by atoms with Gasteiger partial charge in [-0.05, 0) is 30.9 Å². The zero-order chi connectivity index (χ0) is 18.4. The molecule has 8 nitrogen and oxygen atoms in total. The lowest BCUT2D eigenvalue weighted by Crippen LogP contribution is -2.31. The number of amides is 1. The number of nitrogens with zero attached hydrogens (tertiary/aromatic N) is 2. The molecule has 8 heteroatoms. The van der Waals surface area contributed by atoms with Crippen molar-refractivity contribution >= 4 is 23.3 Å². The van der Waals surface area contributed by atoms with Gasteiger partial charge in [0.25, 0.3) is 11.6 Å². The van der Waals surface area contributed by atoms with Gasteiger partial charge >= 0.3 is 5.97 Å². The molecule has 0 atom stereocenters. The first kappa shape index (κ1) is 18.7. The predicted octanol–water partition coefficient (Wildman–Crippen LogP) is 2.12. The number of benzene rings is 1. The van der Waals surface area contributed by atoms with Crippen molar-refractivity contribution in [1.82, 2.24) is 5.32 Å². The summed E-state index contributed by atoms with van der Waals surface area (Å²) >= 11 is 0. The maximum atomic E-state index is 12.1. The molecule has 0 aromatic heterocycles. The number of carbonyl (C=O) groups is 2. The second-order valence-electron chi connectivity index (χ2n) is 6.43. The lowest BCUT2D eigenvalue weighted by atomic mass is 10.1. The van der Waals surface area contributed by atoms with E-state index in [1.807, 2.05) is 18.7 Å². The quantitative estimate of drug-likeness (QED) is 0.460. The molecular weight excluding hydrogens is 326 g/mol. The minimum absolute atomic E-state index is 0.0614. The molecule has 1 aliphatic rings. The molecule has 1 aliphatic heterocycles.